The van der Waals surface area contributed by atoms with Crippen LogP contribution in [0.5, 0.6) is 0 Å². The van der Waals surface area contributed by atoms with Gasteiger partial charge in [0.25, 0.3) is 5.91 Å². The minimum absolute atomic E-state index is 0.184. The molecule has 0 spiro atoms. The van der Waals surface area contributed by atoms with E-state index in [1.165, 1.54) is 6.20 Å². The van der Waals surface area contributed by atoms with E-state index < -0.39 is 11.0 Å². The van der Waals surface area contributed by atoms with Crippen LogP contribution in [0.4, 0.5) is 5.82 Å². The van der Waals surface area contributed by atoms with E-state index >= 15 is 0 Å². The van der Waals surface area contributed by atoms with Gasteiger partial charge in [-0.15, -0.1) is 0 Å². The Balaban J connectivity index is 2.11. The average Bonchev–Trinajstić information content (AvgIpc) is 2.66. The fraction of sp³-hybridized carbons (Fsp3) is 0.273. The van der Waals surface area contributed by atoms with E-state index in [-0.39, 0.29) is 17.0 Å². The maximum atomic E-state index is 13.2. The SMILES string of the molecule is CC1(C)CC2=C(C(=O)N1)C(C)(c1ccccc1)c1c(ncc(C=O)c1C#N)N2. The summed E-state index contributed by atoms with van der Waals surface area (Å²) in [5.74, 6) is 0.328. The standard InChI is InChI=1S/C22H20N4O2/c1-21(2)9-16-18(20(28)26-21)22(3,14-7-5-4-6-8-14)17-15(10-23)13(12-27)11-24-19(17)25-16/h4-8,11-12H,9H2,1-3H3,(H,24,25)(H,26,28). The molecule has 1 unspecified atom stereocenters. The molecule has 0 radical (unpaired) electrons. The summed E-state index contributed by atoms with van der Waals surface area (Å²) in [6.45, 7) is 5.86. The van der Waals surface area contributed by atoms with E-state index in [1.54, 1.807) is 0 Å². The Morgan fingerprint density at radius 3 is 2.57 bits per heavy atom. The molecule has 1 amide bonds. The number of carbonyl (C=O) groups excluding carboxylic acids is 2. The molecule has 140 valence electrons. The van der Waals surface area contributed by atoms with Crippen molar-refractivity contribution in [2.75, 3.05) is 5.32 Å². The highest BCUT2D eigenvalue weighted by Gasteiger charge is 2.49. The number of nitrogens with zero attached hydrogens (tertiary/aromatic N) is 2. The minimum atomic E-state index is -0.922. The molecular weight excluding hydrogens is 352 g/mol. The second kappa shape index (κ2) is 6.03. The number of anilines is 1. The lowest BCUT2D eigenvalue weighted by Crippen LogP contribution is -2.54. The lowest BCUT2D eigenvalue weighted by molar-refractivity contribution is -0.120. The van der Waals surface area contributed by atoms with Gasteiger partial charge in [-0.1, -0.05) is 30.3 Å². The zero-order chi connectivity index (χ0) is 20.1. The molecular formula is C22H20N4O2. The van der Waals surface area contributed by atoms with Crippen LogP contribution in [-0.2, 0) is 10.2 Å². The lowest BCUT2D eigenvalue weighted by Gasteiger charge is -2.45. The monoisotopic (exact) mass is 372 g/mol. The summed E-state index contributed by atoms with van der Waals surface area (Å²) in [7, 11) is 0. The third-order valence-electron chi connectivity index (χ3n) is 5.57. The Hall–Kier alpha value is -3.46. The summed E-state index contributed by atoms with van der Waals surface area (Å²) in [4.78, 5) is 29.2. The highest BCUT2D eigenvalue weighted by Crippen LogP contribution is 2.50. The van der Waals surface area contributed by atoms with Crippen LogP contribution in [0, 0.1) is 11.3 Å². The molecule has 4 rings (SSSR count). The van der Waals surface area contributed by atoms with Crippen LogP contribution in [0.2, 0.25) is 0 Å². The van der Waals surface area contributed by atoms with E-state index in [2.05, 4.69) is 21.7 Å². The summed E-state index contributed by atoms with van der Waals surface area (Å²) < 4.78 is 0. The zero-order valence-electron chi connectivity index (χ0n) is 16.0. The lowest BCUT2D eigenvalue weighted by atomic mass is 9.64. The van der Waals surface area contributed by atoms with Crippen molar-refractivity contribution in [1.82, 2.24) is 10.3 Å². The van der Waals surface area contributed by atoms with Crippen LogP contribution in [-0.4, -0.2) is 22.7 Å². The average molecular weight is 372 g/mol. The first-order chi connectivity index (χ1) is 13.3. The Morgan fingerprint density at radius 2 is 1.93 bits per heavy atom. The fourth-order valence-corrected chi connectivity index (χ4v) is 4.36. The number of carbonyl (C=O) groups is 2. The van der Waals surface area contributed by atoms with Gasteiger partial charge in [0.1, 0.15) is 11.9 Å². The molecule has 0 aliphatic carbocycles. The van der Waals surface area contributed by atoms with Crippen LogP contribution in [0.15, 0.2) is 47.8 Å². The van der Waals surface area contributed by atoms with Gasteiger partial charge in [0.2, 0.25) is 0 Å². The second-order valence-corrected chi connectivity index (χ2v) is 8.03. The number of fused-ring (bicyclic) bond motifs is 1. The van der Waals surface area contributed by atoms with Crippen molar-refractivity contribution >= 4 is 18.0 Å². The van der Waals surface area contributed by atoms with Crippen molar-refractivity contribution < 1.29 is 9.59 Å². The largest absolute Gasteiger partial charge is 0.347 e. The molecule has 0 saturated carbocycles. The van der Waals surface area contributed by atoms with Gasteiger partial charge in [0.15, 0.2) is 6.29 Å². The number of benzene rings is 1. The molecule has 6 heteroatoms. The van der Waals surface area contributed by atoms with Gasteiger partial charge < -0.3 is 10.6 Å². The molecule has 2 N–H and O–H groups in total. The first-order valence-electron chi connectivity index (χ1n) is 9.09. The number of aromatic nitrogens is 1. The number of aldehydes is 1. The predicted octanol–water partition coefficient (Wildman–Crippen LogP) is 3.05. The molecule has 1 aromatic carbocycles. The van der Waals surface area contributed by atoms with Gasteiger partial charge in [0, 0.05) is 29.4 Å². The number of nitrogens with one attached hydrogen (secondary N) is 2. The summed E-state index contributed by atoms with van der Waals surface area (Å²) >= 11 is 0. The first-order valence-corrected chi connectivity index (χ1v) is 9.09. The van der Waals surface area contributed by atoms with Crippen LogP contribution in [0.3, 0.4) is 0 Å². The third-order valence-corrected chi connectivity index (χ3v) is 5.57. The minimum Gasteiger partial charge on any atom is -0.347 e. The second-order valence-electron chi connectivity index (χ2n) is 8.03. The molecule has 3 heterocycles. The topological polar surface area (TPSA) is 94.9 Å². The van der Waals surface area contributed by atoms with Crippen molar-refractivity contribution in [3.63, 3.8) is 0 Å². The molecule has 1 atom stereocenters. The van der Waals surface area contributed by atoms with Crippen molar-refractivity contribution in [2.45, 2.75) is 38.1 Å². The van der Waals surface area contributed by atoms with E-state index in [1.807, 2.05) is 51.1 Å². The quantitative estimate of drug-likeness (QED) is 0.790. The normalized spacial score (nSPS) is 22.3. The first kappa shape index (κ1) is 17.9. The Morgan fingerprint density at radius 1 is 1.21 bits per heavy atom. The van der Waals surface area contributed by atoms with E-state index in [0.29, 0.717) is 29.7 Å². The van der Waals surface area contributed by atoms with Crippen molar-refractivity contribution in [1.29, 1.82) is 5.26 Å². The van der Waals surface area contributed by atoms with Gasteiger partial charge in [-0.3, -0.25) is 9.59 Å². The maximum Gasteiger partial charge on any atom is 0.250 e. The predicted molar refractivity (Wildman–Crippen MR) is 105 cm³/mol. The van der Waals surface area contributed by atoms with Crippen LogP contribution >= 0.6 is 0 Å². The number of nitriles is 1. The fourth-order valence-electron chi connectivity index (χ4n) is 4.36. The molecule has 1 aromatic heterocycles. The van der Waals surface area contributed by atoms with Crippen molar-refractivity contribution in [2.24, 2.45) is 0 Å². The molecule has 2 aliphatic rings. The smallest absolute Gasteiger partial charge is 0.250 e. The van der Waals surface area contributed by atoms with Gasteiger partial charge in [-0.2, -0.15) is 5.26 Å². The number of hydrogen-bond acceptors (Lipinski definition) is 5. The maximum absolute atomic E-state index is 13.2. The van der Waals surface area contributed by atoms with Crippen LogP contribution in [0.1, 0.15) is 54.2 Å². The van der Waals surface area contributed by atoms with Gasteiger partial charge in [-0.25, -0.2) is 4.98 Å². The Kier molecular flexibility index (Phi) is 3.86. The molecule has 6 nitrogen and oxygen atoms in total. The Labute approximate surface area is 163 Å². The molecule has 0 saturated heterocycles. The number of rotatable bonds is 2. The molecule has 2 aliphatic heterocycles. The van der Waals surface area contributed by atoms with Crippen LogP contribution in [0.25, 0.3) is 0 Å². The van der Waals surface area contributed by atoms with Crippen molar-refractivity contribution in [3.8, 4) is 6.07 Å². The van der Waals surface area contributed by atoms with E-state index in [9.17, 15) is 14.9 Å². The van der Waals surface area contributed by atoms with Gasteiger partial charge in [0.05, 0.1) is 22.1 Å². The molecule has 0 bridgehead atoms. The van der Waals surface area contributed by atoms with Crippen molar-refractivity contribution in [3.05, 3.63) is 70.1 Å². The third kappa shape index (κ3) is 2.43. The number of pyridine rings is 1. The number of hydrogen-bond donors (Lipinski definition) is 2. The number of amides is 1. The molecule has 2 aromatic rings. The van der Waals surface area contributed by atoms with Gasteiger partial charge in [-0.05, 0) is 26.3 Å². The Bertz CT molecular complexity index is 1080. The van der Waals surface area contributed by atoms with E-state index in [4.69, 9.17) is 0 Å². The van der Waals surface area contributed by atoms with Gasteiger partial charge >= 0.3 is 0 Å². The summed E-state index contributed by atoms with van der Waals surface area (Å²) in [5.41, 5.74) is 1.90. The molecule has 28 heavy (non-hydrogen) atoms. The van der Waals surface area contributed by atoms with Crippen LogP contribution < -0.4 is 10.6 Å². The summed E-state index contributed by atoms with van der Waals surface area (Å²) in [6.07, 6.45) is 2.64. The highest BCUT2D eigenvalue weighted by molar-refractivity contribution is 6.02. The summed E-state index contributed by atoms with van der Waals surface area (Å²) in [5, 5.41) is 16.2. The van der Waals surface area contributed by atoms with E-state index in [0.717, 1.165) is 11.3 Å². The molecule has 0 fully saturated rings. The summed E-state index contributed by atoms with van der Waals surface area (Å²) in [6, 6.07) is 11.7. The zero-order valence-corrected chi connectivity index (χ0v) is 16.0. The highest BCUT2D eigenvalue weighted by atomic mass is 16.2.